The van der Waals surface area contributed by atoms with Gasteiger partial charge in [-0.2, -0.15) is 0 Å². The SMILES string of the molecule is CS(=O)(=O)c1ccc(CN2C(=O)C3COCCN3c3nc(-c4cccc(NS(=O)(=O)C5CC5)c4)ncc32)cc1. The molecule has 0 spiro atoms. The van der Waals surface area contributed by atoms with E-state index < -0.39 is 25.9 Å². The number of rotatable bonds is 7. The van der Waals surface area contributed by atoms with Crippen LogP contribution in [0.2, 0.25) is 0 Å². The number of anilines is 3. The summed E-state index contributed by atoms with van der Waals surface area (Å²) in [4.78, 5) is 26.6. The molecule has 3 aromatic rings. The summed E-state index contributed by atoms with van der Waals surface area (Å²) < 4.78 is 56.8. The van der Waals surface area contributed by atoms with E-state index in [2.05, 4.69) is 9.71 Å². The van der Waals surface area contributed by atoms with Crippen LogP contribution in [0.1, 0.15) is 18.4 Å². The van der Waals surface area contributed by atoms with Crippen LogP contribution >= 0.6 is 0 Å². The van der Waals surface area contributed by atoms with Crippen LogP contribution in [0.15, 0.2) is 59.6 Å². The number of ether oxygens (including phenoxy) is 1. The van der Waals surface area contributed by atoms with Gasteiger partial charge in [-0.1, -0.05) is 24.3 Å². The van der Waals surface area contributed by atoms with Crippen LogP contribution in [-0.4, -0.2) is 70.0 Å². The van der Waals surface area contributed by atoms with Gasteiger partial charge in [-0.25, -0.2) is 26.8 Å². The molecular formula is C26H27N5O6S2. The molecule has 2 aromatic carbocycles. The molecule has 6 rings (SSSR count). The molecule has 2 aliphatic heterocycles. The van der Waals surface area contributed by atoms with E-state index in [1.54, 1.807) is 41.4 Å². The van der Waals surface area contributed by atoms with Crippen LogP contribution in [0.3, 0.4) is 0 Å². The number of hydrogen-bond acceptors (Lipinski definition) is 9. The second-order valence-corrected chi connectivity index (χ2v) is 13.9. The summed E-state index contributed by atoms with van der Waals surface area (Å²) in [5.74, 6) is 0.838. The maximum Gasteiger partial charge on any atom is 0.252 e. The van der Waals surface area contributed by atoms with Gasteiger partial charge in [0.25, 0.3) is 5.91 Å². The molecule has 3 heterocycles. The van der Waals surface area contributed by atoms with Crippen molar-refractivity contribution in [2.45, 2.75) is 35.6 Å². The van der Waals surface area contributed by atoms with Crippen LogP contribution in [0.25, 0.3) is 11.4 Å². The van der Waals surface area contributed by atoms with Gasteiger partial charge in [0, 0.05) is 24.1 Å². The van der Waals surface area contributed by atoms with Crippen molar-refractivity contribution in [3.63, 3.8) is 0 Å². The van der Waals surface area contributed by atoms with Crippen molar-refractivity contribution in [2.75, 3.05) is 40.5 Å². The molecule has 2 fully saturated rings. The molecule has 0 radical (unpaired) electrons. The molecule has 1 N–H and O–H groups in total. The maximum absolute atomic E-state index is 13.5. The van der Waals surface area contributed by atoms with Crippen LogP contribution in [0.5, 0.6) is 0 Å². The molecular weight excluding hydrogens is 542 g/mol. The first-order valence-electron chi connectivity index (χ1n) is 12.5. The standard InChI is InChI=1S/C26H27N5O6S2/c1-38(33,34)20-7-5-17(6-8-20)15-31-22-14-27-24(28-25(22)30-11-12-37-16-23(30)26(31)32)18-3-2-4-19(13-18)29-39(35,36)21-9-10-21/h2-8,13-14,21,23,29H,9-12,15-16H2,1H3. The van der Waals surface area contributed by atoms with Gasteiger partial charge in [0.05, 0.1) is 36.1 Å². The Bertz CT molecular complexity index is 1660. The smallest absolute Gasteiger partial charge is 0.252 e. The van der Waals surface area contributed by atoms with Crippen molar-refractivity contribution in [1.29, 1.82) is 0 Å². The number of aromatic nitrogens is 2. The summed E-state index contributed by atoms with van der Waals surface area (Å²) >= 11 is 0. The van der Waals surface area contributed by atoms with Crippen LogP contribution in [-0.2, 0) is 35.9 Å². The lowest BCUT2D eigenvalue weighted by atomic mass is 10.1. The molecule has 1 saturated carbocycles. The Morgan fingerprint density at radius 1 is 1.08 bits per heavy atom. The van der Waals surface area contributed by atoms with E-state index in [9.17, 15) is 21.6 Å². The van der Waals surface area contributed by atoms with Gasteiger partial charge < -0.3 is 14.5 Å². The Kier molecular flexibility index (Phi) is 6.31. The Morgan fingerprint density at radius 3 is 2.56 bits per heavy atom. The minimum Gasteiger partial charge on any atom is -0.377 e. The maximum atomic E-state index is 13.5. The molecule has 3 aliphatic rings. The molecule has 1 saturated heterocycles. The fraction of sp³-hybridized carbons (Fsp3) is 0.346. The highest BCUT2D eigenvalue weighted by molar-refractivity contribution is 7.93. The zero-order valence-corrected chi connectivity index (χ0v) is 22.8. The van der Waals surface area contributed by atoms with E-state index in [1.807, 2.05) is 11.0 Å². The molecule has 1 aromatic heterocycles. The van der Waals surface area contributed by atoms with Gasteiger partial charge in [0.15, 0.2) is 21.5 Å². The van der Waals surface area contributed by atoms with E-state index in [0.717, 1.165) is 11.8 Å². The van der Waals surface area contributed by atoms with Crippen molar-refractivity contribution in [3.05, 3.63) is 60.3 Å². The predicted octanol–water partition coefficient (Wildman–Crippen LogP) is 2.20. The summed E-state index contributed by atoms with van der Waals surface area (Å²) in [6.45, 7) is 1.37. The number of amides is 1. The van der Waals surface area contributed by atoms with Gasteiger partial charge in [-0.15, -0.1) is 0 Å². The largest absolute Gasteiger partial charge is 0.377 e. The number of nitrogens with zero attached hydrogens (tertiary/aromatic N) is 4. The van der Waals surface area contributed by atoms with Crippen molar-refractivity contribution in [2.24, 2.45) is 0 Å². The molecule has 1 amide bonds. The van der Waals surface area contributed by atoms with Crippen LogP contribution in [0.4, 0.5) is 17.2 Å². The zero-order valence-electron chi connectivity index (χ0n) is 21.1. The second kappa shape index (κ2) is 9.57. The molecule has 0 bridgehead atoms. The summed E-state index contributed by atoms with van der Waals surface area (Å²) in [5.41, 5.74) is 2.38. The first-order valence-corrected chi connectivity index (χ1v) is 16.0. The van der Waals surface area contributed by atoms with Crippen LogP contribution in [0, 0.1) is 0 Å². The van der Waals surface area contributed by atoms with E-state index in [-0.39, 0.29) is 29.2 Å². The quantitative estimate of drug-likeness (QED) is 0.454. The Morgan fingerprint density at radius 2 is 1.85 bits per heavy atom. The van der Waals surface area contributed by atoms with Gasteiger partial charge in [-0.05, 0) is 42.7 Å². The first-order chi connectivity index (χ1) is 18.6. The van der Waals surface area contributed by atoms with Crippen molar-refractivity contribution < 1.29 is 26.4 Å². The van der Waals surface area contributed by atoms with Crippen molar-refractivity contribution >= 4 is 43.0 Å². The number of benzene rings is 2. The van der Waals surface area contributed by atoms with Gasteiger partial charge in [-0.3, -0.25) is 9.52 Å². The summed E-state index contributed by atoms with van der Waals surface area (Å²) in [7, 11) is -6.75. The third-order valence-electron chi connectivity index (χ3n) is 7.03. The lowest BCUT2D eigenvalue weighted by molar-refractivity contribution is -0.122. The molecule has 39 heavy (non-hydrogen) atoms. The number of sulfonamides is 1. The predicted molar refractivity (Wildman–Crippen MR) is 146 cm³/mol. The fourth-order valence-corrected chi connectivity index (χ4v) is 6.81. The highest BCUT2D eigenvalue weighted by Crippen LogP contribution is 2.38. The Hall–Kier alpha value is -3.55. The monoisotopic (exact) mass is 569 g/mol. The minimum atomic E-state index is -3.41. The highest BCUT2D eigenvalue weighted by atomic mass is 32.2. The minimum absolute atomic E-state index is 0.151. The normalized spacial score (nSPS) is 19.4. The number of fused-ring (bicyclic) bond motifs is 3. The number of morpholine rings is 1. The Labute approximate surface area is 226 Å². The fourth-order valence-electron chi connectivity index (χ4n) is 4.80. The van der Waals surface area contributed by atoms with Crippen molar-refractivity contribution in [1.82, 2.24) is 9.97 Å². The molecule has 1 unspecified atom stereocenters. The van der Waals surface area contributed by atoms with E-state index in [0.29, 0.717) is 54.6 Å². The Balaban J connectivity index is 1.34. The van der Waals surface area contributed by atoms with Gasteiger partial charge in [0.2, 0.25) is 10.0 Å². The summed E-state index contributed by atoms with van der Waals surface area (Å²) in [6, 6.07) is 12.8. The van der Waals surface area contributed by atoms with Crippen molar-refractivity contribution in [3.8, 4) is 11.4 Å². The third kappa shape index (κ3) is 5.09. The first kappa shape index (κ1) is 25.7. The third-order valence-corrected chi connectivity index (χ3v) is 10.0. The average molecular weight is 570 g/mol. The van der Waals surface area contributed by atoms with E-state index in [1.165, 1.54) is 12.1 Å². The molecule has 11 nitrogen and oxygen atoms in total. The number of sulfone groups is 1. The molecule has 13 heteroatoms. The highest BCUT2D eigenvalue weighted by Gasteiger charge is 2.41. The molecule has 1 atom stereocenters. The lowest BCUT2D eigenvalue weighted by Gasteiger charge is -2.43. The van der Waals surface area contributed by atoms with Crippen LogP contribution < -0.4 is 14.5 Å². The average Bonchev–Trinajstić information content (AvgIpc) is 3.77. The lowest BCUT2D eigenvalue weighted by Crippen LogP contribution is -2.58. The molecule has 1 aliphatic carbocycles. The second-order valence-electron chi connectivity index (χ2n) is 9.95. The number of carbonyl (C=O) groups excluding carboxylic acids is 1. The van der Waals surface area contributed by atoms with Gasteiger partial charge >= 0.3 is 0 Å². The zero-order chi connectivity index (χ0) is 27.4. The summed E-state index contributed by atoms with van der Waals surface area (Å²) in [5, 5.41) is -0.342. The van der Waals surface area contributed by atoms with Gasteiger partial charge in [0.1, 0.15) is 11.7 Å². The number of hydrogen-bond donors (Lipinski definition) is 1. The van der Waals surface area contributed by atoms with E-state index in [4.69, 9.17) is 9.72 Å². The molecule has 204 valence electrons. The van der Waals surface area contributed by atoms with E-state index >= 15 is 0 Å². The number of carbonyl (C=O) groups is 1. The number of nitrogens with one attached hydrogen (secondary N) is 1. The summed E-state index contributed by atoms with van der Waals surface area (Å²) in [6.07, 6.45) is 4.09. The topological polar surface area (TPSA) is 139 Å².